The van der Waals surface area contributed by atoms with Gasteiger partial charge in [-0.2, -0.15) is 0 Å². The van der Waals surface area contributed by atoms with E-state index in [2.05, 4.69) is 0 Å². The molecule has 16 heavy (non-hydrogen) atoms. The second kappa shape index (κ2) is 4.85. The van der Waals surface area contributed by atoms with E-state index in [9.17, 15) is 10.1 Å². The zero-order valence-corrected chi connectivity index (χ0v) is 9.15. The number of nitro groups is 1. The molecule has 0 aliphatic rings. The Kier molecular flexibility index (Phi) is 3.26. The molecule has 0 atom stereocenters. The lowest BCUT2D eigenvalue weighted by Crippen LogP contribution is -1.83. The lowest BCUT2D eigenvalue weighted by molar-refractivity contribution is -0.402. The Labute approximate surface area is 96.4 Å². The van der Waals surface area contributed by atoms with Gasteiger partial charge in [0.2, 0.25) is 0 Å². The SMILES string of the molecule is O=[N+]([O-])c1ccc(CSc2ccccc2)o1. The molecule has 1 aromatic carbocycles. The quantitative estimate of drug-likeness (QED) is 0.462. The summed E-state index contributed by atoms with van der Waals surface area (Å²) in [6, 6.07) is 12.8. The Bertz CT molecular complexity index is 481. The molecule has 0 aliphatic heterocycles. The number of nitrogens with zero attached hydrogens (tertiary/aromatic N) is 1. The van der Waals surface area contributed by atoms with Crippen LogP contribution in [0.2, 0.25) is 0 Å². The van der Waals surface area contributed by atoms with E-state index in [1.807, 2.05) is 30.3 Å². The minimum absolute atomic E-state index is 0.205. The average molecular weight is 235 g/mol. The van der Waals surface area contributed by atoms with Crippen LogP contribution in [0.15, 0.2) is 51.8 Å². The van der Waals surface area contributed by atoms with Crippen molar-refractivity contribution in [3.05, 3.63) is 58.3 Å². The van der Waals surface area contributed by atoms with Crippen molar-refractivity contribution in [2.45, 2.75) is 10.6 Å². The zero-order chi connectivity index (χ0) is 11.4. The van der Waals surface area contributed by atoms with Gasteiger partial charge in [-0.3, -0.25) is 10.1 Å². The minimum atomic E-state index is -0.531. The average Bonchev–Trinajstić information content (AvgIpc) is 2.76. The van der Waals surface area contributed by atoms with Gasteiger partial charge >= 0.3 is 5.88 Å². The van der Waals surface area contributed by atoms with Gasteiger partial charge in [-0.15, -0.1) is 11.8 Å². The lowest BCUT2D eigenvalue weighted by atomic mass is 10.4. The molecule has 0 saturated heterocycles. The molecule has 0 radical (unpaired) electrons. The van der Waals surface area contributed by atoms with E-state index in [4.69, 9.17) is 4.42 Å². The Morgan fingerprint density at radius 1 is 1.19 bits per heavy atom. The maximum atomic E-state index is 10.4. The van der Waals surface area contributed by atoms with Crippen LogP contribution in [-0.2, 0) is 5.75 Å². The normalized spacial score (nSPS) is 10.2. The molecule has 0 N–H and O–H groups in total. The second-order valence-electron chi connectivity index (χ2n) is 3.10. The summed E-state index contributed by atoms with van der Waals surface area (Å²) in [4.78, 5) is 11.0. The zero-order valence-electron chi connectivity index (χ0n) is 8.33. The highest BCUT2D eigenvalue weighted by atomic mass is 32.2. The van der Waals surface area contributed by atoms with Gasteiger partial charge in [0.05, 0.1) is 11.8 Å². The largest absolute Gasteiger partial charge is 0.433 e. The van der Waals surface area contributed by atoms with Crippen LogP contribution in [0.25, 0.3) is 0 Å². The summed E-state index contributed by atoms with van der Waals surface area (Å²) in [6.45, 7) is 0. The van der Waals surface area contributed by atoms with E-state index in [0.717, 1.165) is 4.90 Å². The molecule has 0 bridgehead atoms. The van der Waals surface area contributed by atoms with Gasteiger partial charge in [-0.25, -0.2) is 0 Å². The number of rotatable bonds is 4. The molecule has 5 heteroatoms. The van der Waals surface area contributed by atoms with Crippen molar-refractivity contribution < 1.29 is 9.34 Å². The molecular formula is C11H9NO3S. The monoisotopic (exact) mass is 235 g/mol. The molecule has 0 fully saturated rings. The van der Waals surface area contributed by atoms with E-state index in [1.54, 1.807) is 17.8 Å². The van der Waals surface area contributed by atoms with E-state index in [0.29, 0.717) is 11.5 Å². The molecule has 0 amide bonds. The van der Waals surface area contributed by atoms with Crippen LogP contribution in [0.5, 0.6) is 0 Å². The maximum absolute atomic E-state index is 10.4. The molecule has 1 aromatic heterocycles. The first kappa shape index (κ1) is 10.8. The summed E-state index contributed by atoms with van der Waals surface area (Å²) in [5.41, 5.74) is 0. The molecule has 1 heterocycles. The summed E-state index contributed by atoms with van der Waals surface area (Å²) in [5.74, 6) is 1.00. The third-order valence-electron chi connectivity index (χ3n) is 1.95. The maximum Gasteiger partial charge on any atom is 0.433 e. The van der Waals surface area contributed by atoms with Crippen molar-refractivity contribution in [2.75, 3.05) is 0 Å². The van der Waals surface area contributed by atoms with Gasteiger partial charge in [0, 0.05) is 4.90 Å². The first-order chi connectivity index (χ1) is 7.75. The molecule has 2 aromatic rings. The standard InChI is InChI=1S/C11H9NO3S/c13-12(14)11-7-6-9(15-11)8-16-10-4-2-1-3-5-10/h1-7H,8H2. The number of thioether (sulfide) groups is 1. The van der Waals surface area contributed by atoms with Crippen molar-refractivity contribution in [3.8, 4) is 0 Å². The van der Waals surface area contributed by atoms with Crippen molar-refractivity contribution in [2.24, 2.45) is 0 Å². The fourth-order valence-corrected chi connectivity index (χ4v) is 2.03. The van der Waals surface area contributed by atoms with Crippen molar-refractivity contribution >= 4 is 17.6 Å². The highest BCUT2D eigenvalue weighted by molar-refractivity contribution is 7.98. The number of hydrogen-bond donors (Lipinski definition) is 0. The molecular weight excluding hydrogens is 226 g/mol. The van der Waals surface area contributed by atoms with Crippen molar-refractivity contribution in [1.82, 2.24) is 0 Å². The Balaban J connectivity index is 1.97. The van der Waals surface area contributed by atoms with Gasteiger partial charge in [-0.05, 0) is 18.2 Å². The molecule has 4 nitrogen and oxygen atoms in total. The Hall–Kier alpha value is -1.75. The highest BCUT2D eigenvalue weighted by Crippen LogP contribution is 2.25. The lowest BCUT2D eigenvalue weighted by Gasteiger charge is -1.97. The fraction of sp³-hybridized carbons (Fsp3) is 0.0909. The van der Waals surface area contributed by atoms with Crippen LogP contribution in [0, 0.1) is 10.1 Å². The van der Waals surface area contributed by atoms with Gasteiger partial charge in [0.1, 0.15) is 10.7 Å². The second-order valence-corrected chi connectivity index (χ2v) is 4.15. The van der Waals surface area contributed by atoms with Crippen LogP contribution in [-0.4, -0.2) is 4.92 Å². The first-order valence-electron chi connectivity index (χ1n) is 4.66. The smallest absolute Gasteiger partial charge is 0.405 e. The van der Waals surface area contributed by atoms with Gasteiger partial charge in [0.25, 0.3) is 0 Å². The predicted octanol–water partition coefficient (Wildman–Crippen LogP) is 3.48. The molecule has 2 rings (SSSR count). The minimum Gasteiger partial charge on any atom is -0.405 e. The number of furan rings is 1. The van der Waals surface area contributed by atoms with E-state index >= 15 is 0 Å². The third-order valence-corrected chi connectivity index (χ3v) is 2.99. The highest BCUT2D eigenvalue weighted by Gasteiger charge is 2.11. The Morgan fingerprint density at radius 2 is 1.94 bits per heavy atom. The number of hydrogen-bond acceptors (Lipinski definition) is 4. The van der Waals surface area contributed by atoms with Crippen LogP contribution in [0.1, 0.15) is 5.76 Å². The van der Waals surface area contributed by atoms with Gasteiger partial charge < -0.3 is 4.42 Å². The van der Waals surface area contributed by atoms with Crippen LogP contribution in [0.3, 0.4) is 0 Å². The summed E-state index contributed by atoms with van der Waals surface area (Å²) >= 11 is 1.58. The fourth-order valence-electron chi connectivity index (χ4n) is 1.21. The van der Waals surface area contributed by atoms with E-state index in [-0.39, 0.29) is 5.88 Å². The Morgan fingerprint density at radius 3 is 2.56 bits per heavy atom. The van der Waals surface area contributed by atoms with Crippen molar-refractivity contribution in [1.29, 1.82) is 0 Å². The van der Waals surface area contributed by atoms with E-state index < -0.39 is 4.92 Å². The van der Waals surface area contributed by atoms with Gasteiger partial charge in [-0.1, -0.05) is 18.2 Å². The number of benzene rings is 1. The van der Waals surface area contributed by atoms with Crippen LogP contribution < -0.4 is 0 Å². The van der Waals surface area contributed by atoms with Crippen LogP contribution >= 0.6 is 11.8 Å². The summed E-state index contributed by atoms with van der Waals surface area (Å²) in [7, 11) is 0. The van der Waals surface area contributed by atoms with E-state index in [1.165, 1.54) is 6.07 Å². The molecule has 0 unspecified atom stereocenters. The molecule has 0 aliphatic carbocycles. The third kappa shape index (κ3) is 2.64. The molecule has 0 spiro atoms. The van der Waals surface area contributed by atoms with Gasteiger partial charge in [0.15, 0.2) is 0 Å². The molecule has 82 valence electrons. The topological polar surface area (TPSA) is 56.3 Å². The summed E-state index contributed by atoms with van der Waals surface area (Å²) in [5, 5.41) is 10.4. The predicted molar refractivity (Wildman–Crippen MR) is 61.4 cm³/mol. The van der Waals surface area contributed by atoms with Crippen LogP contribution in [0.4, 0.5) is 5.88 Å². The summed E-state index contributed by atoms with van der Waals surface area (Å²) in [6.07, 6.45) is 0. The first-order valence-corrected chi connectivity index (χ1v) is 5.65. The molecule has 0 saturated carbocycles. The summed E-state index contributed by atoms with van der Waals surface area (Å²) < 4.78 is 5.05. The van der Waals surface area contributed by atoms with Crippen molar-refractivity contribution in [3.63, 3.8) is 0 Å².